The zero-order chi connectivity index (χ0) is 22.8. The first-order chi connectivity index (χ1) is 16.0. The highest BCUT2D eigenvalue weighted by atomic mass is 32.1. The van der Waals surface area contributed by atoms with Crippen LogP contribution in [0.1, 0.15) is 24.0 Å². The molecule has 33 heavy (non-hydrogen) atoms. The van der Waals surface area contributed by atoms with Gasteiger partial charge in [-0.2, -0.15) is 0 Å². The summed E-state index contributed by atoms with van der Waals surface area (Å²) in [6, 6.07) is 11.7. The van der Waals surface area contributed by atoms with Gasteiger partial charge in [0.1, 0.15) is 5.82 Å². The molecule has 0 unspecified atom stereocenters. The van der Waals surface area contributed by atoms with E-state index < -0.39 is 0 Å². The van der Waals surface area contributed by atoms with E-state index in [0.717, 1.165) is 30.4 Å². The number of nitrogens with zero attached hydrogens (tertiary/aromatic N) is 1. The second kappa shape index (κ2) is 9.36. The maximum Gasteiger partial charge on any atom is 0.253 e. The smallest absolute Gasteiger partial charge is 0.253 e. The third-order valence-corrected chi connectivity index (χ3v) is 6.26. The van der Waals surface area contributed by atoms with Gasteiger partial charge in [-0.3, -0.25) is 4.79 Å². The van der Waals surface area contributed by atoms with Gasteiger partial charge in [0.15, 0.2) is 16.6 Å². The van der Waals surface area contributed by atoms with Crippen LogP contribution in [0.4, 0.5) is 4.39 Å². The van der Waals surface area contributed by atoms with E-state index in [0.29, 0.717) is 40.8 Å². The van der Waals surface area contributed by atoms with Crippen LogP contribution < -0.4 is 20.3 Å². The van der Waals surface area contributed by atoms with Crippen LogP contribution in [0, 0.1) is 5.82 Å². The van der Waals surface area contributed by atoms with E-state index in [-0.39, 0.29) is 30.8 Å². The van der Waals surface area contributed by atoms with Crippen LogP contribution in [0.2, 0.25) is 0 Å². The normalized spacial score (nSPS) is 16.8. The van der Waals surface area contributed by atoms with Crippen LogP contribution in [0.5, 0.6) is 11.5 Å². The number of thiocarbonyl (C=S) groups is 1. The van der Waals surface area contributed by atoms with E-state index in [1.165, 1.54) is 12.1 Å². The molecule has 1 atom stereocenters. The van der Waals surface area contributed by atoms with E-state index in [1.54, 1.807) is 18.2 Å². The summed E-state index contributed by atoms with van der Waals surface area (Å²) in [6.07, 6.45) is 2.17. The number of nitrogens with one attached hydrogen (secondary N) is 2. The Morgan fingerprint density at radius 1 is 1.15 bits per heavy atom. The number of benzene rings is 2. The predicted octanol–water partition coefficient (Wildman–Crippen LogP) is 3.45. The van der Waals surface area contributed by atoms with Crippen molar-refractivity contribution in [3.8, 4) is 11.5 Å². The van der Waals surface area contributed by atoms with E-state index in [1.807, 2.05) is 17.0 Å². The van der Waals surface area contributed by atoms with Crippen LogP contribution >= 0.6 is 12.2 Å². The molecule has 0 saturated carbocycles. The predicted molar refractivity (Wildman–Crippen MR) is 126 cm³/mol. The molecule has 3 heterocycles. The van der Waals surface area contributed by atoms with Gasteiger partial charge in [-0.15, -0.1) is 0 Å². The molecule has 0 bridgehead atoms. The molecule has 2 aliphatic rings. The Labute approximate surface area is 195 Å². The lowest BCUT2D eigenvalue weighted by Gasteiger charge is -2.27. The summed E-state index contributed by atoms with van der Waals surface area (Å²) in [5, 5.41) is 4.63. The van der Waals surface area contributed by atoms with Crippen LogP contribution in [-0.4, -0.2) is 41.0 Å². The first-order valence-corrected chi connectivity index (χ1v) is 11.3. The topological polar surface area (TPSA) is 75.8 Å². The summed E-state index contributed by atoms with van der Waals surface area (Å²) in [6.45, 7) is 2.25. The van der Waals surface area contributed by atoms with Crippen molar-refractivity contribution in [2.45, 2.75) is 32.0 Å². The van der Waals surface area contributed by atoms with Gasteiger partial charge in [0.05, 0.1) is 18.2 Å². The van der Waals surface area contributed by atoms with Crippen LogP contribution in [0.15, 0.2) is 47.3 Å². The quantitative estimate of drug-likeness (QED) is 0.536. The lowest BCUT2D eigenvalue weighted by molar-refractivity contribution is 0.113. The van der Waals surface area contributed by atoms with E-state index in [9.17, 15) is 9.18 Å². The van der Waals surface area contributed by atoms with E-state index in [4.69, 9.17) is 26.4 Å². The molecule has 7 nitrogen and oxygen atoms in total. The second-order valence-electron chi connectivity index (χ2n) is 8.22. The lowest BCUT2D eigenvalue weighted by Crippen LogP contribution is -2.42. The minimum atomic E-state index is -0.297. The van der Waals surface area contributed by atoms with Gasteiger partial charge >= 0.3 is 0 Å². The molecule has 2 N–H and O–H groups in total. The first-order valence-electron chi connectivity index (χ1n) is 10.9. The molecule has 5 rings (SSSR count). The third-order valence-electron chi connectivity index (χ3n) is 5.85. The van der Waals surface area contributed by atoms with Crippen molar-refractivity contribution in [1.82, 2.24) is 15.2 Å². The van der Waals surface area contributed by atoms with Gasteiger partial charge < -0.3 is 29.4 Å². The van der Waals surface area contributed by atoms with Crippen molar-refractivity contribution in [2.24, 2.45) is 0 Å². The number of hydrogen-bond acceptors (Lipinski definition) is 5. The summed E-state index contributed by atoms with van der Waals surface area (Å²) in [5.74, 6) is 0.967. The summed E-state index contributed by atoms with van der Waals surface area (Å²) in [4.78, 5) is 17.7. The molecule has 9 heteroatoms. The standard InChI is InChI=1S/C24H24FN3O4S/c25-18-5-3-15(4-6-18)12-28(24(33)26-11-19-2-1-7-30-19)13-17-8-16-9-21-22(32-14-31-21)10-20(16)27-23(17)29/h3-6,8-10,19H,1-2,7,11-14H2,(H,26,33)(H,27,29)/t19-/m1/s1. The third kappa shape index (κ3) is 4.94. The van der Waals surface area contributed by atoms with Crippen molar-refractivity contribution in [1.29, 1.82) is 0 Å². The molecular weight excluding hydrogens is 445 g/mol. The summed E-state index contributed by atoms with van der Waals surface area (Å²) >= 11 is 5.67. The van der Waals surface area contributed by atoms with Crippen molar-refractivity contribution in [3.05, 3.63) is 69.8 Å². The molecule has 2 aliphatic heterocycles. The fourth-order valence-electron chi connectivity index (χ4n) is 4.09. The average molecular weight is 470 g/mol. The number of ether oxygens (including phenoxy) is 3. The number of pyridine rings is 1. The van der Waals surface area contributed by atoms with Gasteiger partial charge in [0, 0.05) is 36.7 Å². The Morgan fingerprint density at radius 3 is 2.70 bits per heavy atom. The molecule has 2 aromatic carbocycles. The van der Waals surface area contributed by atoms with Crippen LogP contribution in [0.3, 0.4) is 0 Å². The first kappa shape index (κ1) is 21.7. The molecule has 1 aromatic heterocycles. The SMILES string of the molecule is O=c1[nH]c2cc3c(cc2cc1CN(Cc1ccc(F)cc1)C(=S)NC[C@H]1CCCO1)OCO3. The van der Waals surface area contributed by atoms with E-state index >= 15 is 0 Å². The van der Waals surface area contributed by atoms with Crippen molar-refractivity contribution in [2.75, 3.05) is 19.9 Å². The average Bonchev–Trinajstić information content (AvgIpc) is 3.49. The molecular formula is C24H24FN3O4S. The zero-order valence-electron chi connectivity index (χ0n) is 17.9. The van der Waals surface area contributed by atoms with Gasteiger partial charge in [0.25, 0.3) is 5.56 Å². The molecule has 172 valence electrons. The van der Waals surface area contributed by atoms with Gasteiger partial charge in [-0.05, 0) is 54.9 Å². The van der Waals surface area contributed by atoms with Crippen LogP contribution in [-0.2, 0) is 17.8 Å². The Bertz CT molecular complexity index is 1220. The molecule has 1 fully saturated rings. The number of hydrogen-bond donors (Lipinski definition) is 2. The highest BCUT2D eigenvalue weighted by Crippen LogP contribution is 2.35. The highest BCUT2D eigenvalue weighted by molar-refractivity contribution is 7.80. The Balaban J connectivity index is 1.40. The Hall–Kier alpha value is -3.17. The minimum Gasteiger partial charge on any atom is -0.454 e. The van der Waals surface area contributed by atoms with Gasteiger partial charge in [-0.1, -0.05) is 12.1 Å². The molecule has 0 aliphatic carbocycles. The number of rotatable bonds is 6. The monoisotopic (exact) mass is 469 g/mol. The maximum absolute atomic E-state index is 13.4. The Morgan fingerprint density at radius 2 is 1.94 bits per heavy atom. The van der Waals surface area contributed by atoms with E-state index in [2.05, 4.69) is 10.3 Å². The second-order valence-corrected chi connectivity index (χ2v) is 8.61. The zero-order valence-corrected chi connectivity index (χ0v) is 18.8. The summed E-state index contributed by atoms with van der Waals surface area (Å²) < 4.78 is 29.9. The summed E-state index contributed by atoms with van der Waals surface area (Å²) in [7, 11) is 0. The lowest BCUT2D eigenvalue weighted by atomic mass is 10.1. The fourth-order valence-corrected chi connectivity index (χ4v) is 4.30. The fraction of sp³-hybridized carbons (Fsp3) is 0.333. The van der Waals surface area contributed by atoms with Crippen molar-refractivity contribution in [3.63, 3.8) is 0 Å². The van der Waals surface area contributed by atoms with Crippen LogP contribution in [0.25, 0.3) is 10.9 Å². The molecule has 1 saturated heterocycles. The number of aromatic amines is 1. The number of fused-ring (bicyclic) bond motifs is 2. The molecule has 0 radical (unpaired) electrons. The van der Waals surface area contributed by atoms with Gasteiger partial charge in [-0.25, -0.2) is 4.39 Å². The number of H-pyrrole nitrogens is 1. The largest absolute Gasteiger partial charge is 0.454 e. The molecule has 3 aromatic rings. The number of halogens is 1. The summed E-state index contributed by atoms with van der Waals surface area (Å²) in [5.41, 5.74) is 1.92. The van der Waals surface area contributed by atoms with Crippen molar-refractivity contribution >= 4 is 28.2 Å². The highest BCUT2D eigenvalue weighted by Gasteiger charge is 2.20. The van der Waals surface area contributed by atoms with Crippen molar-refractivity contribution < 1.29 is 18.6 Å². The minimum absolute atomic E-state index is 0.129. The van der Waals surface area contributed by atoms with Gasteiger partial charge in [0.2, 0.25) is 6.79 Å². The maximum atomic E-state index is 13.4. The molecule has 0 spiro atoms. The Kier molecular flexibility index (Phi) is 6.15. The number of aromatic nitrogens is 1. The molecule has 0 amide bonds.